The second kappa shape index (κ2) is 11.3. The molecule has 0 radical (unpaired) electrons. The van der Waals surface area contributed by atoms with Gasteiger partial charge in [0.2, 0.25) is 11.8 Å². The van der Waals surface area contributed by atoms with Crippen LogP contribution in [0.5, 0.6) is 0 Å². The maximum absolute atomic E-state index is 12.7. The Hall–Kier alpha value is -3.12. The Labute approximate surface area is 237 Å². The van der Waals surface area contributed by atoms with Gasteiger partial charge in [0.05, 0.1) is 11.1 Å². The van der Waals surface area contributed by atoms with Crippen molar-refractivity contribution < 1.29 is 23.6 Å². The van der Waals surface area contributed by atoms with Gasteiger partial charge in [0.1, 0.15) is 17.5 Å². The minimum atomic E-state index is -0.706. The molecule has 0 unspecified atom stereocenters. The number of thioether (sulfide) groups is 1. The maximum Gasteiger partial charge on any atom is 0.413 e. The lowest BCUT2D eigenvalue weighted by molar-refractivity contribution is -0.135. The van der Waals surface area contributed by atoms with E-state index in [1.165, 1.54) is 16.7 Å². The molecule has 1 aromatic heterocycles. The van der Waals surface area contributed by atoms with Gasteiger partial charge in [-0.25, -0.2) is 4.79 Å². The van der Waals surface area contributed by atoms with Crippen LogP contribution in [-0.2, 0) is 20.9 Å². The summed E-state index contributed by atoms with van der Waals surface area (Å²) >= 11 is 18.4. The first-order valence-corrected chi connectivity index (χ1v) is 13.6. The summed E-state index contributed by atoms with van der Waals surface area (Å²) in [5.41, 5.74) is 3.12. The first kappa shape index (κ1) is 26.5. The SMILES string of the molecule is O=C(Nc1noc2ccc(C3=CCN(C(=O)CN4C(=O)CSC4=S)CC3)cc12)OCc1cc(Cl)cc(Cl)c1. The molecule has 5 rings (SSSR count). The predicted molar refractivity (Wildman–Crippen MR) is 150 cm³/mol. The highest BCUT2D eigenvalue weighted by atomic mass is 35.5. The normalized spacial score (nSPS) is 15.7. The van der Waals surface area contributed by atoms with Crippen molar-refractivity contribution in [2.75, 3.05) is 30.7 Å². The van der Waals surface area contributed by atoms with Crippen LogP contribution in [0.3, 0.4) is 0 Å². The summed E-state index contributed by atoms with van der Waals surface area (Å²) in [5.74, 6) is 0.240. The number of fused-ring (bicyclic) bond motifs is 1. The molecule has 2 aromatic carbocycles. The smallest absolute Gasteiger partial charge is 0.413 e. The van der Waals surface area contributed by atoms with Crippen molar-refractivity contribution in [3.8, 4) is 0 Å². The van der Waals surface area contributed by atoms with Crippen LogP contribution in [-0.4, -0.2) is 62.6 Å². The van der Waals surface area contributed by atoms with Crippen LogP contribution in [0.25, 0.3) is 16.5 Å². The van der Waals surface area contributed by atoms with Crippen LogP contribution in [0.4, 0.5) is 10.6 Å². The van der Waals surface area contributed by atoms with Crippen LogP contribution >= 0.6 is 47.2 Å². The van der Waals surface area contributed by atoms with E-state index in [4.69, 9.17) is 44.7 Å². The Morgan fingerprint density at radius 1 is 1.18 bits per heavy atom. The van der Waals surface area contributed by atoms with Crippen molar-refractivity contribution in [1.29, 1.82) is 0 Å². The zero-order valence-electron chi connectivity index (χ0n) is 19.7. The average Bonchev–Trinajstić information content (AvgIpc) is 3.44. The fourth-order valence-corrected chi connectivity index (χ4v) is 5.77. The van der Waals surface area contributed by atoms with E-state index in [-0.39, 0.29) is 36.5 Å². The Bertz CT molecular complexity index is 1460. The zero-order valence-corrected chi connectivity index (χ0v) is 22.9. The number of carbonyl (C=O) groups is 3. The summed E-state index contributed by atoms with van der Waals surface area (Å²) in [6.07, 6.45) is 1.90. The van der Waals surface area contributed by atoms with Crippen molar-refractivity contribution >= 4 is 91.8 Å². The van der Waals surface area contributed by atoms with Crippen LogP contribution in [0.1, 0.15) is 17.5 Å². The zero-order chi connectivity index (χ0) is 26.8. The van der Waals surface area contributed by atoms with Crippen molar-refractivity contribution in [3.05, 3.63) is 63.6 Å². The van der Waals surface area contributed by atoms with E-state index in [1.807, 2.05) is 18.2 Å². The number of rotatable bonds is 6. The third-order valence-electron chi connectivity index (χ3n) is 6.05. The van der Waals surface area contributed by atoms with Gasteiger partial charge in [-0.15, -0.1) is 0 Å². The Balaban J connectivity index is 1.22. The summed E-state index contributed by atoms with van der Waals surface area (Å²) < 4.78 is 11.1. The number of amides is 3. The van der Waals surface area contributed by atoms with Crippen molar-refractivity contribution in [3.63, 3.8) is 0 Å². The number of hydrogen-bond acceptors (Lipinski definition) is 8. The molecule has 1 N–H and O–H groups in total. The molecule has 0 saturated carbocycles. The lowest BCUT2D eigenvalue weighted by Gasteiger charge is -2.28. The molecule has 3 heterocycles. The molecule has 1 saturated heterocycles. The number of anilines is 1. The number of nitrogens with zero attached hydrogens (tertiary/aromatic N) is 3. The number of ether oxygens (including phenoxy) is 1. The van der Waals surface area contributed by atoms with Gasteiger partial charge in [-0.3, -0.25) is 19.8 Å². The third-order valence-corrected chi connectivity index (χ3v) is 7.92. The molecule has 0 spiro atoms. The molecule has 0 bridgehead atoms. The number of thiocarbonyl (C=S) groups is 1. The number of hydrogen-bond donors (Lipinski definition) is 1. The highest BCUT2D eigenvalue weighted by molar-refractivity contribution is 8.23. The molecule has 0 aliphatic carbocycles. The molecule has 13 heteroatoms. The molecule has 3 amide bonds. The number of carbonyl (C=O) groups excluding carboxylic acids is 3. The van der Waals surface area contributed by atoms with E-state index in [0.29, 0.717) is 50.4 Å². The Morgan fingerprint density at radius 3 is 2.66 bits per heavy atom. The summed E-state index contributed by atoms with van der Waals surface area (Å²) in [4.78, 5) is 40.1. The highest BCUT2D eigenvalue weighted by Gasteiger charge is 2.30. The standard InChI is InChI=1S/C25H20Cl2N4O5S2/c26-17-7-14(8-18(27)10-17)12-35-24(34)28-23-19-9-16(1-2-20(19)36-29-23)15-3-5-30(6-4-15)21(32)11-31-22(33)13-38-25(31)37/h1-3,7-10H,4-6,11-13H2,(H,28,29,34). The summed E-state index contributed by atoms with van der Waals surface area (Å²) in [5, 5.41) is 8.07. The summed E-state index contributed by atoms with van der Waals surface area (Å²) in [6.45, 7) is 0.879. The fraction of sp³-hybridized carbons (Fsp3) is 0.240. The molecular weight excluding hydrogens is 571 g/mol. The van der Waals surface area contributed by atoms with Gasteiger partial charge in [0.15, 0.2) is 11.4 Å². The lowest BCUT2D eigenvalue weighted by Crippen LogP contribution is -2.43. The molecule has 1 fully saturated rings. The summed E-state index contributed by atoms with van der Waals surface area (Å²) in [6, 6.07) is 10.5. The number of benzene rings is 2. The average molecular weight is 591 g/mol. The highest BCUT2D eigenvalue weighted by Crippen LogP contribution is 2.30. The van der Waals surface area contributed by atoms with Crippen LogP contribution in [0, 0.1) is 0 Å². The van der Waals surface area contributed by atoms with Gasteiger partial charge in [-0.1, -0.05) is 64.5 Å². The van der Waals surface area contributed by atoms with E-state index in [9.17, 15) is 14.4 Å². The van der Waals surface area contributed by atoms with E-state index < -0.39 is 6.09 Å². The summed E-state index contributed by atoms with van der Waals surface area (Å²) in [7, 11) is 0. The Kier molecular flexibility index (Phi) is 7.89. The van der Waals surface area contributed by atoms with Gasteiger partial charge in [-0.05, 0) is 53.5 Å². The topological polar surface area (TPSA) is 105 Å². The monoisotopic (exact) mass is 590 g/mol. The van der Waals surface area contributed by atoms with Crippen LogP contribution < -0.4 is 5.32 Å². The van der Waals surface area contributed by atoms with Crippen molar-refractivity contribution in [1.82, 2.24) is 15.0 Å². The molecule has 3 aromatic rings. The first-order chi connectivity index (χ1) is 18.3. The number of nitrogens with one attached hydrogen (secondary N) is 1. The minimum absolute atomic E-state index is 0.0220. The number of aromatic nitrogens is 1. The number of halogens is 2. The maximum atomic E-state index is 12.7. The van der Waals surface area contributed by atoms with Gasteiger partial charge >= 0.3 is 6.09 Å². The van der Waals surface area contributed by atoms with Crippen LogP contribution in [0.15, 0.2) is 47.0 Å². The van der Waals surface area contributed by atoms with Gasteiger partial charge in [0, 0.05) is 23.1 Å². The van der Waals surface area contributed by atoms with Gasteiger partial charge < -0.3 is 14.2 Å². The second-order valence-corrected chi connectivity index (χ2v) is 11.1. The minimum Gasteiger partial charge on any atom is -0.444 e. The third kappa shape index (κ3) is 5.96. The Morgan fingerprint density at radius 2 is 1.97 bits per heavy atom. The van der Waals surface area contributed by atoms with Gasteiger partial charge in [-0.2, -0.15) is 0 Å². The molecule has 2 aliphatic rings. The molecule has 38 heavy (non-hydrogen) atoms. The van der Waals surface area contributed by atoms with Crippen molar-refractivity contribution in [2.45, 2.75) is 13.0 Å². The molecular formula is C25H20Cl2N4O5S2. The largest absolute Gasteiger partial charge is 0.444 e. The molecule has 2 aliphatic heterocycles. The van der Waals surface area contributed by atoms with E-state index in [1.54, 1.807) is 29.2 Å². The first-order valence-electron chi connectivity index (χ1n) is 11.5. The predicted octanol–water partition coefficient (Wildman–Crippen LogP) is 5.36. The fourth-order valence-electron chi connectivity index (χ4n) is 4.13. The van der Waals surface area contributed by atoms with Gasteiger partial charge in [0.25, 0.3) is 0 Å². The molecule has 0 atom stereocenters. The molecule has 9 nitrogen and oxygen atoms in total. The van der Waals surface area contributed by atoms with Crippen molar-refractivity contribution in [2.24, 2.45) is 0 Å². The van der Waals surface area contributed by atoms with E-state index >= 15 is 0 Å². The lowest BCUT2D eigenvalue weighted by atomic mass is 9.98. The van der Waals surface area contributed by atoms with E-state index in [0.717, 1.165) is 11.1 Å². The van der Waals surface area contributed by atoms with E-state index in [2.05, 4.69) is 10.5 Å². The second-order valence-electron chi connectivity index (χ2n) is 8.57. The van der Waals surface area contributed by atoms with Crippen LogP contribution in [0.2, 0.25) is 10.0 Å². The molecule has 196 valence electrons. The quantitative estimate of drug-likeness (QED) is 0.382.